The molecule has 5 nitrogen and oxygen atoms in total. The van der Waals surface area contributed by atoms with Crippen LogP contribution in [0.15, 0.2) is 17.8 Å². The van der Waals surface area contributed by atoms with E-state index in [1.54, 1.807) is 16.4 Å². The van der Waals surface area contributed by atoms with Gasteiger partial charge in [0, 0.05) is 12.3 Å². The molecular weight excluding hydrogens is 186 g/mol. The van der Waals surface area contributed by atoms with Gasteiger partial charge in [0.05, 0.1) is 6.54 Å². The highest BCUT2D eigenvalue weighted by atomic mass is 32.2. The summed E-state index contributed by atoms with van der Waals surface area (Å²) in [5, 5.41) is 12.1. The molecule has 0 aliphatic carbocycles. The Hall–Kier alpha value is -0.880. The van der Waals surface area contributed by atoms with E-state index in [4.69, 9.17) is 5.73 Å². The molecule has 1 rings (SSSR count). The summed E-state index contributed by atoms with van der Waals surface area (Å²) in [6, 6.07) is 0. The minimum atomic E-state index is 0.556. The molecule has 0 atom stereocenters. The normalized spacial score (nSPS) is 10.2. The highest BCUT2D eigenvalue weighted by molar-refractivity contribution is 7.99. The Morgan fingerprint density at radius 3 is 3.15 bits per heavy atom. The first kappa shape index (κ1) is 10.2. The van der Waals surface area contributed by atoms with Gasteiger partial charge in [0.2, 0.25) is 5.16 Å². The van der Waals surface area contributed by atoms with Crippen LogP contribution in [0.25, 0.3) is 0 Å². The van der Waals surface area contributed by atoms with Gasteiger partial charge >= 0.3 is 0 Å². The van der Waals surface area contributed by atoms with Crippen molar-refractivity contribution in [2.45, 2.75) is 18.1 Å². The molecule has 2 N–H and O–H groups in total. The zero-order valence-corrected chi connectivity index (χ0v) is 8.20. The molecule has 0 aliphatic rings. The lowest BCUT2D eigenvalue weighted by atomic mass is 10.5. The molecule has 0 saturated carbocycles. The van der Waals surface area contributed by atoms with Crippen molar-refractivity contribution in [1.29, 1.82) is 0 Å². The number of hydrogen-bond donors (Lipinski definition) is 1. The predicted molar refractivity (Wildman–Crippen MR) is 52.4 cm³/mol. The second kappa shape index (κ2) is 5.71. The molecule has 0 aromatic carbocycles. The minimum Gasteiger partial charge on any atom is -0.329 e. The average Bonchev–Trinajstić information content (AvgIpc) is 2.54. The van der Waals surface area contributed by atoms with Crippen LogP contribution in [0.2, 0.25) is 0 Å². The van der Waals surface area contributed by atoms with Crippen molar-refractivity contribution in [1.82, 2.24) is 20.2 Å². The van der Waals surface area contributed by atoms with E-state index in [1.807, 2.05) is 6.08 Å². The number of nitrogens with zero attached hydrogens (tertiary/aromatic N) is 4. The lowest BCUT2D eigenvalue weighted by Gasteiger charge is -2.00. The number of hydrogen-bond acceptors (Lipinski definition) is 5. The summed E-state index contributed by atoms with van der Waals surface area (Å²) in [7, 11) is 0. The zero-order valence-electron chi connectivity index (χ0n) is 7.39. The monoisotopic (exact) mass is 199 g/mol. The number of nitrogens with two attached hydrogens (primary N) is 1. The summed E-state index contributed by atoms with van der Waals surface area (Å²) >= 11 is 1.62. The van der Waals surface area contributed by atoms with Crippen molar-refractivity contribution in [2.75, 3.05) is 12.3 Å². The molecular formula is C7H13N5S. The van der Waals surface area contributed by atoms with E-state index < -0.39 is 0 Å². The van der Waals surface area contributed by atoms with Gasteiger partial charge in [-0.05, 0) is 16.8 Å². The third-order valence-electron chi connectivity index (χ3n) is 1.39. The van der Waals surface area contributed by atoms with Crippen LogP contribution in [0.4, 0.5) is 0 Å². The summed E-state index contributed by atoms with van der Waals surface area (Å²) in [5.41, 5.74) is 5.40. The summed E-state index contributed by atoms with van der Waals surface area (Å²) in [4.78, 5) is 0. The molecule has 1 aromatic heterocycles. The van der Waals surface area contributed by atoms with Gasteiger partial charge in [-0.3, -0.25) is 0 Å². The second-order valence-corrected chi connectivity index (χ2v) is 3.46. The van der Waals surface area contributed by atoms with E-state index in [-0.39, 0.29) is 0 Å². The molecule has 0 amide bonds. The average molecular weight is 199 g/mol. The van der Waals surface area contributed by atoms with Gasteiger partial charge in [-0.2, -0.15) is 0 Å². The van der Waals surface area contributed by atoms with Gasteiger partial charge < -0.3 is 5.73 Å². The standard InChI is InChI=1S/C7H13N5S/c1-2-3-6-13-7-9-10-11-12(7)5-4-8/h2H,1,3-6,8H2. The van der Waals surface area contributed by atoms with Crippen molar-refractivity contribution >= 4 is 11.8 Å². The second-order valence-electron chi connectivity index (χ2n) is 2.40. The van der Waals surface area contributed by atoms with Crippen molar-refractivity contribution in [3.05, 3.63) is 12.7 Å². The third kappa shape index (κ3) is 3.16. The quantitative estimate of drug-likeness (QED) is 0.405. The number of rotatable bonds is 6. The maximum atomic E-state index is 5.40. The maximum Gasteiger partial charge on any atom is 0.209 e. The fourth-order valence-corrected chi connectivity index (χ4v) is 1.63. The number of thioether (sulfide) groups is 1. The summed E-state index contributed by atoms with van der Waals surface area (Å²) < 4.78 is 1.72. The van der Waals surface area contributed by atoms with Crippen LogP contribution in [0, 0.1) is 0 Å². The van der Waals surface area contributed by atoms with E-state index in [0.717, 1.165) is 17.3 Å². The number of allylic oxidation sites excluding steroid dienone is 1. The van der Waals surface area contributed by atoms with Crippen molar-refractivity contribution < 1.29 is 0 Å². The molecule has 0 spiro atoms. The maximum absolute atomic E-state index is 5.40. The van der Waals surface area contributed by atoms with Gasteiger partial charge in [0.1, 0.15) is 0 Å². The van der Waals surface area contributed by atoms with Crippen LogP contribution in [-0.4, -0.2) is 32.5 Å². The number of tetrazole rings is 1. The molecule has 0 saturated heterocycles. The Bertz CT molecular complexity index is 259. The van der Waals surface area contributed by atoms with Crippen LogP contribution in [0.1, 0.15) is 6.42 Å². The molecule has 0 fully saturated rings. The SMILES string of the molecule is C=CCCSc1nnnn1CCN. The first-order valence-corrected chi connectivity index (χ1v) is 5.07. The topological polar surface area (TPSA) is 69.6 Å². The summed E-state index contributed by atoms with van der Waals surface area (Å²) in [6.07, 6.45) is 2.84. The highest BCUT2D eigenvalue weighted by Gasteiger charge is 2.03. The Labute approximate surface area is 81.4 Å². The van der Waals surface area contributed by atoms with E-state index in [1.165, 1.54) is 0 Å². The highest BCUT2D eigenvalue weighted by Crippen LogP contribution is 2.13. The Balaban J connectivity index is 2.44. The minimum absolute atomic E-state index is 0.556. The van der Waals surface area contributed by atoms with Crippen LogP contribution in [0.5, 0.6) is 0 Å². The van der Waals surface area contributed by atoms with Crippen molar-refractivity contribution in [3.8, 4) is 0 Å². The van der Waals surface area contributed by atoms with E-state index in [9.17, 15) is 0 Å². The summed E-state index contributed by atoms with van der Waals surface area (Å²) in [5.74, 6) is 0.953. The first-order chi connectivity index (χ1) is 6.38. The van der Waals surface area contributed by atoms with Crippen molar-refractivity contribution in [2.24, 2.45) is 5.73 Å². The van der Waals surface area contributed by atoms with E-state index in [2.05, 4.69) is 22.1 Å². The first-order valence-electron chi connectivity index (χ1n) is 4.08. The van der Waals surface area contributed by atoms with Gasteiger partial charge in [-0.25, -0.2) is 4.68 Å². The predicted octanol–water partition coefficient (Wildman–Crippen LogP) is 0.300. The van der Waals surface area contributed by atoms with Crippen LogP contribution in [-0.2, 0) is 6.54 Å². The molecule has 6 heteroatoms. The Kier molecular flexibility index (Phi) is 4.48. The van der Waals surface area contributed by atoms with Gasteiger partial charge in [0.15, 0.2) is 0 Å². The van der Waals surface area contributed by atoms with Gasteiger partial charge in [-0.1, -0.05) is 17.8 Å². The van der Waals surface area contributed by atoms with Crippen LogP contribution in [0.3, 0.4) is 0 Å². The lowest BCUT2D eigenvalue weighted by molar-refractivity contribution is 0.557. The molecule has 0 bridgehead atoms. The molecule has 1 heterocycles. The Morgan fingerprint density at radius 1 is 1.62 bits per heavy atom. The van der Waals surface area contributed by atoms with Crippen LogP contribution >= 0.6 is 11.8 Å². The largest absolute Gasteiger partial charge is 0.329 e. The lowest BCUT2D eigenvalue weighted by Crippen LogP contribution is -2.12. The third-order valence-corrected chi connectivity index (χ3v) is 2.38. The van der Waals surface area contributed by atoms with Crippen LogP contribution < -0.4 is 5.73 Å². The Morgan fingerprint density at radius 2 is 2.46 bits per heavy atom. The molecule has 1 aromatic rings. The molecule has 72 valence electrons. The fourth-order valence-electron chi connectivity index (χ4n) is 0.796. The molecule has 13 heavy (non-hydrogen) atoms. The van der Waals surface area contributed by atoms with Crippen molar-refractivity contribution in [3.63, 3.8) is 0 Å². The summed E-state index contributed by atoms with van der Waals surface area (Å²) in [6.45, 7) is 4.87. The smallest absolute Gasteiger partial charge is 0.209 e. The van der Waals surface area contributed by atoms with E-state index >= 15 is 0 Å². The molecule has 0 aliphatic heterocycles. The molecule has 0 radical (unpaired) electrons. The van der Waals surface area contributed by atoms with Gasteiger partial charge in [-0.15, -0.1) is 11.7 Å². The zero-order chi connectivity index (χ0) is 9.52. The number of aromatic nitrogens is 4. The molecule has 0 unspecified atom stereocenters. The van der Waals surface area contributed by atoms with Gasteiger partial charge in [0.25, 0.3) is 0 Å². The van der Waals surface area contributed by atoms with E-state index in [0.29, 0.717) is 13.1 Å². The fraction of sp³-hybridized carbons (Fsp3) is 0.571.